The summed E-state index contributed by atoms with van der Waals surface area (Å²) >= 11 is 0. The van der Waals surface area contributed by atoms with E-state index in [2.05, 4.69) is 10.3 Å². The molecule has 0 bridgehead atoms. The molecule has 2 rings (SSSR count). The van der Waals surface area contributed by atoms with Gasteiger partial charge in [0.2, 0.25) is 0 Å². The summed E-state index contributed by atoms with van der Waals surface area (Å²) in [5.41, 5.74) is -3.33. The van der Waals surface area contributed by atoms with Gasteiger partial charge in [0.25, 0.3) is 0 Å². The number of hydrogen-bond donors (Lipinski definition) is 1. The topological polar surface area (TPSA) is 48.5 Å². The minimum atomic E-state index is -4.98. The van der Waals surface area contributed by atoms with Crippen LogP contribution in [0.2, 0.25) is 0 Å². The summed E-state index contributed by atoms with van der Waals surface area (Å²) < 4.78 is 77.9. The molecule has 5 nitrogen and oxygen atoms in total. The van der Waals surface area contributed by atoms with E-state index < -0.39 is 23.7 Å². The second-order valence-electron chi connectivity index (χ2n) is 7.05. The Labute approximate surface area is 158 Å². The highest BCUT2D eigenvalue weighted by molar-refractivity contribution is 5.73. The van der Waals surface area contributed by atoms with Gasteiger partial charge >= 0.3 is 18.4 Å². The van der Waals surface area contributed by atoms with E-state index in [1.54, 1.807) is 14.1 Å². The monoisotopic (exact) mass is 412 g/mol. The standard InChI is InChI=1S/C17H22F6N4O/c1-26(2)15(28)24-10-4-6-11(7-5-10)27(3)12-8-13(16(18,19)20)25-14(9-12)17(21,22)23/h8-11H,4-7H2,1-3H3,(H,24,28)/t10-,11+. The molecule has 2 amide bonds. The lowest BCUT2D eigenvalue weighted by Gasteiger charge is -2.36. The first-order valence-corrected chi connectivity index (χ1v) is 8.66. The van der Waals surface area contributed by atoms with Gasteiger partial charge < -0.3 is 15.1 Å². The van der Waals surface area contributed by atoms with E-state index in [0.717, 1.165) is 0 Å². The zero-order valence-electron chi connectivity index (χ0n) is 15.7. The number of aromatic nitrogens is 1. The van der Waals surface area contributed by atoms with E-state index in [0.29, 0.717) is 37.8 Å². The number of carbonyl (C=O) groups is 1. The van der Waals surface area contributed by atoms with Crippen LogP contribution < -0.4 is 10.2 Å². The van der Waals surface area contributed by atoms with Crippen LogP contribution in [0.5, 0.6) is 0 Å². The third kappa shape index (κ3) is 5.41. The Morgan fingerprint density at radius 2 is 1.43 bits per heavy atom. The molecule has 1 fully saturated rings. The van der Waals surface area contributed by atoms with Crippen LogP contribution in [-0.4, -0.2) is 49.1 Å². The number of alkyl halides is 6. The van der Waals surface area contributed by atoms with E-state index in [1.807, 2.05) is 0 Å². The minimum Gasteiger partial charge on any atom is -0.371 e. The molecule has 1 saturated carbocycles. The molecule has 0 spiro atoms. The van der Waals surface area contributed by atoms with Gasteiger partial charge in [-0.15, -0.1) is 0 Å². The number of urea groups is 1. The number of nitrogens with zero attached hydrogens (tertiary/aromatic N) is 3. The van der Waals surface area contributed by atoms with Crippen LogP contribution >= 0.6 is 0 Å². The summed E-state index contributed by atoms with van der Waals surface area (Å²) in [6, 6.07) is 0.714. The second kappa shape index (κ2) is 8.04. The molecule has 0 saturated heterocycles. The summed E-state index contributed by atoms with van der Waals surface area (Å²) in [7, 11) is 4.68. The number of amides is 2. The van der Waals surface area contributed by atoms with Crippen LogP contribution in [-0.2, 0) is 12.4 Å². The molecule has 0 unspecified atom stereocenters. The van der Waals surface area contributed by atoms with Gasteiger partial charge in [0.05, 0.1) is 0 Å². The molecule has 1 aliphatic rings. The van der Waals surface area contributed by atoms with Crippen molar-refractivity contribution in [2.45, 2.75) is 50.1 Å². The number of nitrogens with one attached hydrogen (secondary N) is 1. The maximum absolute atomic E-state index is 13.0. The highest BCUT2D eigenvalue weighted by Gasteiger charge is 2.39. The molecule has 1 aromatic rings. The average Bonchev–Trinajstić information content (AvgIpc) is 2.59. The van der Waals surface area contributed by atoms with Crippen LogP contribution in [0.1, 0.15) is 37.1 Å². The van der Waals surface area contributed by atoms with Gasteiger partial charge in [-0.2, -0.15) is 26.3 Å². The fourth-order valence-electron chi connectivity index (χ4n) is 3.13. The molecule has 1 aliphatic carbocycles. The van der Waals surface area contributed by atoms with E-state index >= 15 is 0 Å². The first kappa shape index (κ1) is 22.1. The summed E-state index contributed by atoms with van der Waals surface area (Å²) in [5.74, 6) is 0. The maximum atomic E-state index is 13.0. The number of carbonyl (C=O) groups excluding carboxylic acids is 1. The number of rotatable bonds is 3. The predicted octanol–water partition coefficient (Wildman–Crippen LogP) is 4.14. The van der Waals surface area contributed by atoms with Crippen molar-refractivity contribution in [2.24, 2.45) is 0 Å². The Balaban J connectivity index is 2.16. The summed E-state index contributed by atoms with van der Waals surface area (Å²) in [6.07, 6.45) is -7.74. The molecule has 0 atom stereocenters. The van der Waals surface area contributed by atoms with Gasteiger partial charge in [0, 0.05) is 38.9 Å². The van der Waals surface area contributed by atoms with Crippen molar-refractivity contribution in [1.82, 2.24) is 15.2 Å². The molecule has 1 N–H and O–H groups in total. The van der Waals surface area contributed by atoms with Crippen molar-refractivity contribution >= 4 is 11.7 Å². The SMILES string of the molecule is CN(C)C(=O)N[C@H]1CC[C@@H](N(C)c2cc(C(F)(F)F)nc(C(F)(F)F)c2)CC1. The minimum absolute atomic E-state index is 0.0755. The Morgan fingerprint density at radius 3 is 1.82 bits per heavy atom. The fourth-order valence-corrected chi connectivity index (χ4v) is 3.13. The van der Waals surface area contributed by atoms with Crippen LogP contribution in [0.4, 0.5) is 36.8 Å². The highest BCUT2D eigenvalue weighted by atomic mass is 19.4. The van der Waals surface area contributed by atoms with Crippen LogP contribution in [0.25, 0.3) is 0 Å². The average molecular weight is 412 g/mol. The van der Waals surface area contributed by atoms with Crippen LogP contribution in [0, 0.1) is 0 Å². The lowest BCUT2D eigenvalue weighted by atomic mass is 9.90. The molecular weight excluding hydrogens is 390 g/mol. The first-order chi connectivity index (χ1) is 12.8. The first-order valence-electron chi connectivity index (χ1n) is 8.66. The van der Waals surface area contributed by atoms with Gasteiger partial charge in [0.1, 0.15) is 11.4 Å². The molecule has 0 radical (unpaired) electrons. The lowest BCUT2D eigenvalue weighted by Crippen LogP contribution is -2.46. The number of pyridine rings is 1. The molecule has 1 heterocycles. The van der Waals surface area contributed by atoms with Crippen molar-refractivity contribution in [3.63, 3.8) is 0 Å². The van der Waals surface area contributed by atoms with Crippen molar-refractivity contribution in [1.29, 1.82) is 0 Å². The molecular formula is C17H22F6N4O. The normalized spacial score (nSPS) is 20.6. The predicted molar refractivity (Wildman–Crippen MR) is 90.9 cm³/mol. The van der Waals surface area contributed by atoms with Crippen molar-refractivity contribution < 1.29 is 31.1 Å². The van der Waals surface area contributed by atoms with E-state index in [9.17, 15) is 31.1 Å². The lowest BCUT2D eigenvalue weighted by molar-refractivity contribution is -0.150. The van der Waals surface area contributed by atoms with Crippen molar-refractivity contribution in [3.8, 4) is 0 Å². The number of hydrogen-bond acceptors (Lipinski definition) is 3. The summed E-state index contributed by atoms with van der Waals surface area (Å²) in [5, 5.41) is 2.84. The number of anilines is 1. The van der Waals surface area contributed by atoms with Crippen LogP contribution in [0.15, 0.2) is 12.1 Å². The largest absolute Gasteiger partial charge is 0.433 e. The Bertz CT molecular complexity index is 664. The van der Waals surface area contributed by atoms with Crippen LogP contribution in [0.3, 0.4) is 0 Å². The zero-order chi connectivity index (χ0) is 21.3. The van der Waals surface area contributed by atoms with Gasteiger partial charge in [-0.25, -0.2) is 9.78 Å². The molecule has 28 heavy (non-hydrogen) atoms. The molecule has 158 valence electrons. The van der Waals surface area contributed by atoms with Crippen molar-refractivity contribution in [3.05, 3.63) is 23.5 Å². The highest BCUT2D eigenvalue weighted by Crippen LogP contribution is 2.37. The zero-order valence-corrected chi connectivity index (χ0v) is 15.7. The molecule has 0 aliphatic heterocycles. The van der Waals surface area contributed by atoms with E-state index in [1.165, 1.54) is 16.8 Å². The second-order valence-corrected chi connectivity index (χ2v) is 7.05. The molecule has 1 aromatic heterocycles. The van der Waals surface area contributed by atoms with Crippen molar-refractivity contribution in [2.75, 3.05) is 26.0 Å². The quantitative estimate of drug-likeness (QED) is 0.760. The maximum Gasteiger partial charge on any atom is 0.433 e. The van der Waals surface area contributed by atoms with Gasteiger partial charge in [-0.05, 0) is 37.8 Å². The third-order valence-corrected chi connectivity index (χ3v) is 4.78. The summed E-state index contributed by atoms with van der Waals surface area (Å²) in [4.78, 5) is 17.3. The Kier molecular flexibility index (Phi) is 6.34. The molecule has 0 aromatic carbocycles. The number of halogens is 6. The van der Waals surface area contributed by atoms with Gasteiger partial charge in [0.15, 0.2) is 0 Å². The molecule has 11 heteroatoms. The summed E-state index contributed by atoms with van der Waals surface area (Å²) in [6.45, 7) is 0. The van der Waals surface area contributed by atoms with E-state index in [-0.39, 0.29) is 23.8 Å². The van der Waals surface area contributed by atoms with E-state index in [4.69, 9.17) is 0 Å². The van der Waals surface area contributed by atoms with Gasteiger partial charge in [-0.3, -0.25) is 0 Å². The fraction of sp³-hybridized carbons (Fsp3) is 0.647. The third-order valence-electron chi connectivity index (χ3n) is 4.78. The smallest absolute Gasteiger partial charge is 0.371 e. The van der Waals surface area contributed by atoms with Gasteiger partial charge in [-0.1, -0.05) is 0 Å². The Hall–Kier alpha value is -2.20. The Morgan fingerprint density at radius 1 is 0.964 bits per heavy atom.